The smallest absolute Gasteiger partial charge is 0.333 e. The van der Waals surface area contributed by atoms with Gasteiger partial charge in [0, 0.05) is 12.5 Å². The number of aromatic nitrogens is 4. The molecule has 0 radical (unpaired) electrons. The van der Waals surface area contributed by atoms with Crippen molar-refractivity contribution >= 4 is 17.1 Å². The average Bonchev–Trinajstić information content (AvgIpc) is 3.48. The Kier molecular flexibility index (Phi) is 7.23. The van der Waals surface area contributed by atoms with Crippen molar-refractivity contribution in [3.8, 4) is 0 Å². The molecule has 0 saturated heterocycles. The molecule has 2 aromatic heterocycles. The number of rotatable bonds is 8. The van der Waals surface area contributed by atoms with Crippen LogP contribution in [0, 0.1) is 5.41 Å². The lowest BCUT2D eigenvalue weighted by atomic mass is 9.98. The minimum Gasteiger partial charge on any atom is -0.443 e. The second-order valence-corrected chi connectivity index (χ2v) is 10.2. The van der Waals surface area contributed by atoms with Crippen LogP contribution >= 0.6 is 0 Å². The van der Waals surface area contributed by atoms with E-state index in [-0.39, 0.29) is 43.3 Å². The van der Waals surface area contributed by atoms with E-state index in [2.05, 4.69) is 0 Å². The molecule has 0 N–H and O–H groups in total. The third kappa shape index (κ3) is 5.09. The van der Waals surface area contributed by atoms with Gasteiger partial charge >= 0.3 is 11.7 Å². The number of nitrogens with zero attached hydrogens (tertiary/aromatic N) is 4. The minimum absolute atomic E-state index is 0.0371. The summed E-state index contributed by atoms with van der Waals surface area (Å²) in [6.07, 6.45) is 3.97. The largest absolute Gasteiger partial charge is 0.443 e. The van der Waals surface area contributed by atoms with Crippen molar-refractivity contribution in [1.82, 2.24) is 18.7 Å². The van der Waals surface area contributed by atoms with Gasteiger partial charge in [-0.05, 0) is 45.6 Å². The lowest BCUT2D eigenvalue weighted by molar-refractivity contribution is -0.156. The van der Waals surface area contributed by atoms with Gasteiger partial charge in [0.05, 0.1) is 18.6 Å². The molecule has 35 heavy (non-hydrogen) atoms. The van der Waals surface area contributed by atoms with Crippen LogP contribution < -0.4 is 11.2 Å². The molecule has 1 fully saturated rings. The molecule has 2 heterocycles. The number of alkyl halides is 1. The van der Waals surface area contributed by atoms with E-state index < -0.39 is 29.3 Å². The van der Waals surface area contributed by atoms with Crippen LogP contribution in [-0.2, 0) is 29.4 Å². The van der Waals surface area contributed by atoms with Crippen molar-refractivity contribution in [3.63, 3.8) is 0 Å². The normalized spacial score (nSPS) is 14.6. The van der Waals surface area contributed by atoms with Crippen molar-refractivity contribution in [2.75, 3.05) is 6.67 Å². The fourth-order valence-corrected chi connectivity index (χ4v) is 4.60. The summed E-state index contributed by atoms with van der Waals surface area (Å²) < 4.78 is 22.8. The molecule has 8 nitrogen and oxygen atoms in total. The number of esters is 1. The van der Waals surface area contributed by atoms with Crippen LogP contribution in [0.2, 0.25) is 0 Å². The lowest BCUT2D eigenvalue weighted by Gasteiger charge is -2.19. The summed E-state index contributed by atoms with van der Waals surface area (Å²) in [5, 5.41) is 0. The number of halogens is 1. The number of hydrogen-bond acceptors (Lipinski definition) is 5. The third-order valence-corrected chi connectivity index (χ3v) is 6.50. The number of imidazole rings is 1. The van der Waals surface area contributed by atoms with Crippen molar-refractivity contribution in [1.29, 1.82) is 0 Å². The molecule has 0 spiro atoms. The first-order chi connectivity index (χ1) is 16.7. The van der Waals surface area contributed by atoms with E-state index in [1.165, 1.54) is 4.57 Å². The topological polar surface area (TPSA) is 88.1 Å². The first-order valence-corrected chi connectivity index (χ1v) is 12.2. The molecule has 1 aliphatic rings. The summed E-state index contributed by atoms with van der Waals surface area (Å²) in [4.78, 5) is 44.4. The summed E-state index contributed by atoms with van der Waals surface area (Å²) in [6, 6.07) is 9.45. The van der Waals surface area contributed by atoms with E-state index in [1.807, 2.05) is 30.3 Å². The summed E-state index contributed by atoms with van der Waals surface area (Å²) in [5.74, 6) is 0.363. The monoisotopic (exact) mass is 484 g/mol. The summed E-state index contributed by atoms with van der Waals surface area (Å²) in [6.45, 7) is 4.67. The maximum absolute atomic E-state index is 13.6. The summed E-state index contributed by atoms with van der Waals surface area (Å²) in [5.41, 5.74) is -0.402. The number of hydrogen-bond donors (Lipinski definition) is 0. The van der Waals surface area contributed by atoms with Crippen LogP contribution in [-0.4, -0.2) is 31.3 Å². The molecule has 1 aromatic carbocycles. The van der Waals surface area contributed by atoms with Gasteiger partial charge in [0.15, 0.2) is 17.9 Å². The highest BCUT2D eigenvalue weighted by atomic mass is 19.1. The van der Waals surface area contributed by atoms with Gasteiger partial charge in [0.2, 0.25) is 0 Å². The van der Waals surface area contributed by atoms with Gasteiger partial charge in [-0.3, -0.25) is 27.7 Å². The Labute approximate surface area is 203 Å². The Bertz CT molecular complexity index is 1310. The molecule has 188 valence electrons. The molecule has 0 unspecified atom stereocenters. The number of fused-ring (bicyclic) bond motifs is 1. The maximum atomic E-state index is 13.6. The Morgan fingerprint density at radius 1 is 1.09 bits per heavy atom. The molecule has 0 amide bonds. The molecule has 0 aliphatic heterocycles. The average molecular weight is 485 g/mol. The van der Waals surface area contributed by atoms with Gasteiger partial charge in [-0.25, -0.2) is 9.78 Å². The molecule has 3 aromatic rings. The second-order valence-electron chi connectivity index (χ2n) is 10.2. The molecule has 0 bridgehead atoms. The molecule has 4 rings (SSSR count). The predicted molar refractivity (Wildman–Crippen MR) is 131 cm³/mol. The van der Waals surface area contributed by atoms with Gasteiger partial charge in [-0.2, -0.15) is 0 Å². The Hall–Kier alpha value is -3.23. The van der Waals surface area contributed by atoms with E-state index in [0.717, 1.165) is 35.8 Å². The van der Waals surface area contributed by atoms with Crippen LogP contribution in [0.25, 0.3) is 11.2 Å². The fraction of sp³-hybridized carbons (Fsp3) is 0.538. The van der Waals surface area contributed by atoms with Gasteiger partial charge in [0.1, 0.15) is 5.82 Å². The van der Waals surface area contributed by atoms with E-state index >= 15 is 0 Å². The van der Waals surface area contributed by atoms with Crippen molar-refractivity contribution < 1.29 is 13.9 Å². The number of carbonyl (C=O) groups excluding carboxylic acids is 1. The van der Waals surface area contributed by atoms with Crippen molar-refractivity contribution in [2.24, 2.45) is 5.41 Å². The van der Waals surface area contributed by atoms with E-state index in [4.69, 9.17) is 9.72 Å². The number of benzene rings is 1. The minimum atomic E-state index is -0.708. The van der Waals surface area contributed by atoms with Gasteiger partial charge in [-0.15, -0.1) is 0 Å². The second kappa shape index (κ2) is 10.2. The molecule has 9 heteroatoms. The lowest BCUT2D eigenvalue weighted by Crippen LogP contribution is -2.41. The highest BCUT2D eigenvalue weighted by molar-refractivity contribution is 5.75. The first kappa shape index (κ1) is 24.9. The molecule has 1 saturated carbocycles. The highest BCUT2D eigenvalue weighted by Crippen LogP contribution is 2.35. The van der Waals surface area contributed by atoms with Crippen LogP contribution in [0.5, 0.6) is 0 Å². The van der Waals surface area contributed by atoms with E-state index in [1.54, 1.807) is 25.3 Å². The molecular formula is C26H33FN4O4. The number of ether oxygens (including phenoxy) is 1. The van der Waals surface area contributed by atoms with E-state index in [0.29, 0.717) is 5.82 Å². The molecule has 0 atom stereocenters. The Balaban J connectivity index is 1.93. The SMILES string of the molecule is CC(C)(C)C(=O)OCn1c(C2CCCC2)nc2c1c(=O)n(CCCF)c(=O)n2Cc1ccccc1. The molecular weight excluding hydrogens is 451 g/mol. The van der Waals surface area contributed by atoms with Crippen molar-refractivity contribution in [3.05, 3.63) is 62.6 Å². The zero-order valence-corrected chi connectivity index (χ0v) is 20.6. The van der Waals surface area contributed by atoms with Gasteiger partial charge in [-0.1, -0.05) is 43.2 Å². The maximum Gasteiger partial charge on any atom is 0.333 e. The van der Waals surface area contributed by atoms with Crippen LogP contribution in [0.1, 0.15) is 70.2 Å². The van der Waals surface area contributed by atoms with Crippen LogP contribution in [0.4, 0.5) is 4.39 Å². The third-order valence-electron chi connectivity index (χ3n) is 6.50. The Morgan fingerprint density at radius 2 is 1.77 bits per heavy atom. The Morgan fingerprint density at radius 3 is 2.40 bits per heavy atom. The first-order valence-electron chi connectivity index (χ1n) is 12.2. The summed E-state index contributed by atoms with van der Waals surface area (Å²) in [7, 11) is 0. The zero-order chi connectivity index (χ0) is 25.2. The highest BCUT2D eigenvalue weighted by Gasteiger charge is 2.29. The fourth-order valence-electron chi connectivity index (χ4n) is 4.60. The standard InChI is InChI=1S/C26H33FN4O4/c1-26(2,3)24(33)35-17-31-20-22(28-21(31)19-12-7-8-13-19)30(16-18-10-5-4-6-11-18)25(34)29(23(20)32)15-9-14-27/h4-6,10-11,19H,7-9,12-17H2,1-3H3. The predicted octanol–water partition coefficient (Wildman–Crippen LogP) is 3.97. The van der Waals surface area contributed by atoms with E-state index in [9.17, 15) is 18.8 Å². The summed E-state index contributed by atoms with van der Waals surface area (Å²) >= 11 is 0. The quantitative estimate of drug-likeness (QED) is 0.452. The van der Waals surface area contributed by atoms with Gasteiger partial charge < -0.3 is 4.74 Å². The van der Waals surface area contributed by atoms with Gasteiger partial charge in [0.25, 0.3) is 5.56 Å². The van der Waals surface area contributed by atoms with Crippen LogP contribution in [0.3, 0.4) is 0 Å². The molecule has 1 aliphatic carbocycles. The number of carbonyl (C=O) groups is 1. The van der Waals surface area contributed by atoms with Crippen LogP contribution in [0.15, 0.2) is 39.9 Å². The van der Waals surface area contributed by atoms with Crippen molar-refractivity contribution in [2.45, 2.75) is 78.6 Å². The zero-order valence-electron chi connectivity index (χ0n) is 20.6.